The summed E-state index contributed by atoms with van der Waals surface area (Å²) in [7, 11) is 0. The Bertz CT molecular complexity index is 962. The van der Waals surface area contributed by atoms with Crippen LogP contribution in [0.25, 0.3) is 11.4 Å². The maximum Gasteiger partial charge on any atom is 0.267 e. The van der Waals surface area contributed by atoms with Crippen LogP contribution in [0.1, 0.15) is 17.4 Å². The number of benzene rings is 2. The van der Waals surface area contributed by atoms with Gasteiger partial charge in [0.25, 0.3) is 5.91 Å². The molecule has 1 atom stereocenters. The molecule has 0 radical (unpaired) electrons. The number of primary amides is 1. The molecule has 4 N–H and O–H groups in total. The van der Waals surface area contributed by atoms with E-state index in [2.05, 4.69) is 15.3 Å². The van der Waals surface area contributed by atoms with Crippen LogP contribution >= 0.6 is 0 Å². The molecule has 144 valence electrons. The molecule has 2 aromatic carbocycles. The van der Waals surface area contributed by atoms with E-state index < -0.39 is 5.91 Å². The van der Waals surface area contributed by atoms with E-state index in [0.717, 1.165) is 0 Å². The Balaban J connectivity index is 1.85. The predicted octanol–water partition coefficient (Wildman–Crippen LogP) is 2.97. The normalized spacial score (nSPS) is 11.7. The van der Waals surface area contributed by atoms with Crippen LogP contribution in [-0.4, -0.2) is 33.6 Å². The number of rotatable bonds is 7. The van der Waals surface area contributed by atoms with Crippen LogP contribution in [0.5, 0.6) is 11.5 Å². The van der Waals surface area contributed by atoms with E-state index in [1.165, 1.54) is 30.3 Å². The van der Waals surface area contributed by atoms with Gasteiger partial charge in [-0.1, -0.05) is 0 Å². The summed E-state index contributed by atoms with van der Waals surface area (Å²) in [5.74, 6) is 0.720. The highest BCUT2D eigenvalue weighted by atomic mass is 19.1. The molecule has 0 fully saturated rings. The SMILES string of the molecule is C[C@@H](CO)Nc1cc(C(N)=O)nc(-c2ccc(Oc3ccc(F)cc3)cc2)n1. The van der Waals surface area contributed by atoms with Crippen molar-refractivity contribution in [3.05, 3.63) is 66.1 Å². The maximum atomic E-state index is 13.0. The number of anilines is 1. The second-order valence-electron chi connectivity index (χ2n) is 6.13. The van der Waals surface area contributed by atoms with E-state index in [4.69, 9.17) is 10.5 Å². The fourth-order valence-electron chi connectivity index (χ4n) is 2.39. The van der Waals surface area contributed by atoms with E-state index in [9.17, 15) is 14.3 Å². The molecule has 0 aliphatic rings. The number of aliphatic hydroxyl groups excluding tert-OH is 1. The van der Waals surface area contributed by atoms with Crippen LogP contribution in [0.2, 0.25) is 0 Å². The van der Waals surface area contributed by atoms with E-state index in [1.54, 1.807) is 31.2 Å². The second kappa shape index (κ2) is 8.45. The van der Waals surface area contributed by atoms with Gasteiger partial charge in [0.15, 0.2) is 5.82 Å². The van der Waals surface area contributed by atoms with Crippen molar-refractivity contribution in [3.63, 3.8) is 0 Å². The lowest BCUT2D eigenvalue weighted by Crippen LogP contribution is -2.21. The fraction of sp³-hybridized carbons (Fsp3) is 0.150. The third-order valence-corrected chi connectivity index (χ3v) is 3.81. The first-order valence-corrected chi connectivity index (χ1v) is 8.55. The monoisotopic (exact) mass is 382 g/mol. The number of nitrogens with one attached hydrogen (secondary N) is 1. The number of aliphatic hydroxyl groups is 1. The Morgan fingerprint density at radius 1 is 1.14 bits per heavy atom. The van der Waals surface area contributed by atoms with Gasteiger partial charge in [0.1, 0.15) is 28.8 Å². The van der Waals surface area contributed by atoms with Crippen molar-refractivity contribution in [2.45, 2.75) is 13.0 Å². The average molecular weight is 382 g/mol. The molecule has 0 saturated carbocycles. The third-order valence-electron chi connectivity index (χ3n) is 3.81. The summed E-state index contributed by atoms with van der Waals surface area (Å²) in [4.78, 5) is 20.1. The van der Waals surface area contributed by atoms with Crippen molar-refractivity contribution in [3.8, 4) is 22.9 Å². The summed E-state index contributed by atoms with van der Waals surface area (Å²) in [6.07, 6.45) is 0. The van der Waals surface area contributed by atoms with Crippen molar-refractivity contribution in [1.82, 2.24) is 9.97 Å². The van der Waals surface area contributed by atoms with Gasteiger partial charge < -0.3 is 20.9 Å². The molecular formula is C20H19FN4O3. The molecule has 0 aliphatic heterocycles. The van der Waals surface area contributed by atoms with E-state index in [1.807, 2.05) is 0 Å². The average Bonchev–Trinajstić information content (AvgIpc) is 2.70. The minimum atomic E-state index is -0.681. The molecule has 1 aromatic heterocycles. The molecule has 0 aliphatic carbocycles. The van der Waals surface area contributed by atoms with Gasteiger partial charge in [0.2, 0.25) is 0 Å². The molecule has 3 rings (SSSR count). The van der Waals surface area contributed by atoms with Gasteiger partial charge in [0, 0.05) is 17.7 Å². The molecule has 1 heterocycles. The van der Waals surface area contributed by atoms with Crippen molar-refractivity contribution in [1.29, 1.82) is 0 Å². The standard InChI is InChI=1S/C20H19FN4O3/c1-12(11-26)23-18-10-17(19(22)27)24-20(25-18)13-2-6-15(7-3-13)28-16-8-4-14(21)5-9-16/h2-10,12,26H,11H2,1H3,(H2,22,27)(H,23,24,25)/t12-/m0/s1. The lowest BCUT2D eigenvalue weighted by atomic mass is 10.2. The Morgan fingerprint density at radius 3 is 2.32 bits per heavy atom. The molecular weight excluding hydrogens is 363 g/mol. The van der Waals surface area contributed by atoms with E-state index in [-0.39, 0.29) is 24.2 Å². The Kier molecular flexibility index (Phi) is 5.81. The fourth-order valence-corrected chi connectivity index (χ4v) is 2.39. The van der Waals surface area contributed by atoms with Crippen molar-refractivity contribution in [2.24, 2.45) is 5.73 Å². The Labute approximate surface area is 161 Å². The van der Waals surface area contributed by atoms with Gasteiger partial charge in [-0.15, -0.1) is 0 Å². The first kappa shape index (κ1) is 19.2. The molecule has 8 heteroatoms. The van der Waals surface area contributed by atoms with Crippen molar-refractivity contribution < 1.29 is 19.0 Å². The number of aromatic nitrogens is 2. The first-order chi connectivity index (χ1) is 13.4. The molecule has 1 amide bonds. The van der Waals surface area contributed by atoms with Gasteiger partial charge in [-0.2, -0.15) is 0 Å². The number of nitrogens with zero attached hydrogens (tertiary/aromatic N) is 2. The molecule has 0 spiro atoms. The summed E-state index contributed by atoms with van der Waals surface area (Å²) in [5, 5.41) is 12.2. The highest BCUT2D eigenvalue weighted by molar-refractivity contribution is 5.92. The highest BCUT2D eigenvalue weighted by Gasteiger charge is 2.12. The van der Waals surface area contributed by atoms with E-state index >= 15 is 0 Å². The van der Waals surface area contributed by atoms with Crippen LogP contribution in [0.15, 0.2) is 54.6 Å². The lowest BCUT2D eigenvalue weighted by molar-refractivity contribution is 0.0995. The quantitative estimate of drug-likeness (QED) is 0.579. The topological polar surface area (TPSA) is 110 Å². The van der Waals surface area contributed by atoms with Gasteiger partial charge in [-0.25, -0.2) is 14.4 Å². The second-order valence-corrected chi connectivity index (χ2v) is 6.13. The number of amides is 1. The largest absolute Gasteiger partial charge is 0.457 e. The molecule has 3 aromatic rings. The van der Waals surface area contributed by atoms with Crippen molar-refractivity contribution >= 4 is 11.7 Å². The summed E-state index contributed by atoms with van der Waals surface area (Å²) >= 11 is 0. The van der Waals surface area contributed by atoms with Gasteiger partial charge in [-0.05, 0) is 55.5 Å². The molecule has 7 nitrogen and oxygen atoms in total. The summed E-state index contributed by atoms with van der Waals surface area (Å²) in [5.41, 5.74) is 6.07. The maximum absolute atomic E-state index is 13.0. The Morgan fingerprint density at radius 2 is 1.75 bits per heavy atom. The summed E-state index contributed by atoms with van der Waals surface area (Å²) in [6, 6.07) is 13.8. The summed E-state index contributed by atoms with van der Waals surface area (Å²) < 4.78 is 18.6. The lowest BCUT2D eigenvalue weighted by Gasteiger charge is -2.13. The van der Waals surface area contributed by atoms with Crippen LogP contribution in [0.3, 0.4) is 0 Å². The van der Waals surface area contributed by atoms with Crippen LogP contribution in [-0.2, 0) is 0 Å². The van der Waals surface area contributed by atoms with Crippen LogP contribution < -0.4 is 15.8 Å². The molecule has 0 bridgehead atoms. The zero-order chi connectivity index (χ0) is 20.1. The molecule has 0 saturated heterocycles. The van der Waals surface area contributed by atoms with Gasteiger partial charge >= 0.3 is 0 Å². The first-order valence-electron chi connectivity index (χ1n) is 8.55. The zero-order valence-corrected chi connectivity index (χ0v) is 15.1. The van der Waals surface area contributed by atoms with Crippen LogP contribution in [0, 0.1) is 5.82 Å². The Hall–Kier alpha value is -3.52. The highest BCUT2D eigenvalue weighted by Crippen LogP contribution is 2.25. The number of carbonyl (C=O) groups is 1. The van der Waals surface area contributed by atoms with Crippen molar-refractivity contribution in [2.75, 3.05) is 11.9 Å². The molecule has 0 unspecified atom stereocenters. The number of hydrogen-bond donors (Lipinski definition) is 3. The molecule has 28 heavy (non-hydrogen) atoms. The van der Waals surface area contributed by atoms with Gasteiger partial charge in [0.05, 0.1) is 6.61 Å². The number of nitrogens with two attached hydrogens (primary N) is 1. The summed E-state index contributed by atoms with van der Waals surface area (Å²) in [6.45, 7) is 1.67. The van der Waals surface area contributed by atoms with Gasteiger partial charge in [-0.3, -0.25) is 4.79 Å². The smallest absolute Gasteiger partial charge is 0.267 e. The number of halogens is 1. The predicted molar refractivity (Wildman–Crippen MR) is 103 cm³/mol. The third kappa shape index (κ3) is 4.80. The minimum Gasteiger partial charge on any atom is -0.457 e. The number of carbonyl (C=O) groups excluding carboxylic acids is 1. The number of hydrogen-bond acceptors (Lipinski definition) is 6. The van der Waals surface area contributed by atoms with E-state index in [0.29, 0.717) is 28.7 Å². The minimum absolute atomic E-state index is 0.0595. The number of ether oxygens (including phenoxy) is 1. The zero-order valence-electron chi connectivity index (χ0n) is 15.1. The van der Waals surface area contributed by atoms with Crippen LogP contribution in [0.4, 0.5) is 10.2 Å².